The van der Waals surface area contributed by atoms with Crippen LogP contribution in [0.15, 0.2) is 29.2 Å². The summed E-state index contributed by atoms with van der Waals surface area (Å²) in [5.74, 6) is 0. The molecule has 0 fully saturated rings. The summed E-state index contributed by atoms with van der Waals surface area (Å²) in [6.45, 7) is 10.6. The quantitative estimate of drug-likeness (QED) is 0.849. The average molecular weight is 298 g/mol. The van der Waals surface area contributed by atoms with Crippen LogP contribution in [0.1, 0.15) is 52.6 Å². The summed E-state index contributed by atoms with van der Waals surface area (Å²) in [7, 11) is -3.47. The zero-order chi connectivity index (χ0) is 15.4. The van der Waals surface area contributed by atoms with Crippen LogP contribution in [0.25, 0.3) is 0 Å². The summed E-state index contributed by atoms with van der Waals surface area (Å²) >= 11 is 0. The molecular formula is C15H26N2O2S. The molecule has 5 heteroatoms. The first-order chi connectivity index (χ1) is 9.15. The molecule has 4 nitrogen and oxygen atoms in total. The van der Waals surface area contributed by atoms with E-state index in [1.165, 1.54) is 0 Å². The lowest BCUT2D eigenvalue weighted by molar-refractivity contribution is 0.491. The molecule has 0 aliphatic heterocycles. The molecule has 114 valence electrons. The highest BCUT2D eigenvalue weighted by Gasteiger charge is 2.22. The van der Waals surface area contributed by atoms with E-state index in [1.54, 1.807) is 18.2 Å². The Labute approximate surface area is 123 Å². The molecule has 1 aromatic carbocycles. The lowest BCUT2D eigenvalue weighted by atomic mass is 10.1. The molecule has 0 saturated carbocycles. The van der Waals surface area contributed by atoms with E-state index in [1.807, 2.05) is 33.8 Å². The highest BCUT2D eigenvalue weighted by molar-refractivity contribution is 7.89. The van der Waals surface area contributed by atoms with Gasteiger partial charge in [0.15, 0.2) is 0 Å². The van der Waals surface area contributed by atoms with Gasteiger partial charge in [-0.1, -0.05) is 19.1 Å². The fraction of sp³-hybridized carbons (Fsp3) is 0.600. The largest absolute Gasteiger partial charge is 0.310 e. The number of hydrogen-bond acceptors (Lipinski definition) is 3. The molecular weight excluding hydrogens is 272 g/mol. The first kappa shape index (κ1) is 17.1. The molecule has 0 aliphatic rings. The van der Waals surface area contributed by atoms with Gasteiger partial charge in [0.25, 0.3) is 0 Å². The van der Waals surface area contributed by atoms with E-state index < -0.39 is 15.6 Å². The number of hydrogen-bond donors (Lipinski definition) is 2. The lowest BCUT2D eigenvalue weighted by Gasteiger charge is -2.21. The average Bonchev–Trinajstić information content (AvgIpc) is 2.33. The lowest BCUT2D eigenvalue weighted by Crippen LogP contribution is -2.40. The molecule has 20 heavy (non-hydrogen) atoms. The summed E-state index contributed by atoms with van der Waals surface area (Å²) in [4.78, 5) is 0.315. The molecule has 0 aliphatic carbocycles. The highest BCUT2D eigenvalue weighted by Crippen LogP contribution is 2.18. The third kappa shape index (κ3) is 5.23. The van der Waals surface area contributed by atoms with Gasteiger partial charge in [-0.15, -0.1) is 0 Å². The Morgan fingerprint density at radius 1 is 1.25 bits per heavy atom. The van der Waals surface area contributed by atoms with E-state index in [2.05, 4.69) is 17.0 Å². The summed E-state index contributed by atoms with van der Waals surface area (Å²) in [6.07, 6.45) is 1.05. The van der Waals surface area contributed by atoms with E-state index >= 15 is 0 Å². The molecule has 1 rings (SSSR count). The van der Waals surface area contributed by atoms with Crippen molar-refractivity contribution in [1.82, 2.24) is 10.0 Å². The smallest absolute Gasteiger partial charge is 0.241 e. The standard InChI is InChI=1S/C15H26N2O2S/c1-6-10-16-12(2)13-8-7-9-14(11-13)20(18,19)17-15(3,4)5/h7-9,11-12,16-17H,6,10H2,1-5H3. The minimum absolute atomic E-state index is 0.139. The predicted octanol–water partition coefficient (Wildman–Crippen LogP) is 2.82. The van der Waals surface area contributed by atoms with E-state index in [9.17, 15) is 8.42 Å². The second kappa shape index (κ2) is 6.70. The van der Waals surface area contributed by atoms with Gasteiger partial charge in [-0.25, -0.2) is 13.1 Å². The number of benzene rings is 1. The van der Waals surface area contributed by atoms with Crippen molar-refractivity contribution in [2.24, 2.45) is 0 Å². The van der Waals surface area contributed by atoms with Gasteiger partial charge in [0.2, 0.25) is 10.0 Å². The minimum atomic E-state index is -3.47. The Bertz CT molecular complexity index is 533. The Balaban J connectivity index is 2.98. The second-order valence-corrected chi connectivity index (χ2v) is 7.79. The van der Waals surface area contributed by atoms with E-state index in [0.717, 1.165) is 18.5 Å². The molecule has 0 saturated heterocycles. The van der Waals surface area contributed by atoms with Crippen LogP contribution in [-0.4, -0.2) is 20.5 Å². The second-order valence-electron chi connectivity index (χ2n) is 6.10. The zero-order valence-electron chi connectivity index (χ0n) is 13.0. The third-order valence-corrected chi connectivity index (χ3v) is 4.57. The van der Waals surface area contributed by atoms with Crippen molar-refractivity contribution < 1.29 is 8.42 Å². The van der Waals surface area contributed by atoms with Crippen LogP contribution >= 0.6 is 0 Å². The zero-order valence-corrected chi connectivity index (χ0v) is 13.8. The van der Waals surface area contributed by atoms with Crippen molar-refractivity contribution in [1.29, 1.82) is 0 Å². The van der Waals surface area contributed by atoms with Crippen molar-refractivity contribution in [3.05, 3.63) is 29.8 Å². The maximum absolute atomic E-state index is 12.3. The monoisotopic (exact) mass is 298 g/mol. The first-order valence-corrected chi connectivity index (χ1v) is 8.51. The third-order valence-electron chi connectivity index (χ3n) is 2.81. The van der Waals surface area contributed by atoms with Gasteiger partial charge >= 0.3 is 0 Å². The van der Waals surface area contributed by atoms with Crippen molar-refractivity contribution in [2.45, 2.75) is 57.5 Å². The van der Waals surface area contributed by atoms with Crippen LogP contribution in [-0.2, 0) is 10.0 Å². The summed E-state index contributed by atoms with van der Waals surface area (Å²) < 4.78 is 27.3. The molecule has 1 unspecified atom stereocenters. The maximum Gasteiger partial charge on any atom is 0.241 e. The van der Waals surface area contributed by atoms with Gasteiger partial charge in [0.1, 0.15) is 0 Å². The fourth-order valence-corrected chi connectivity index (χ4v) is 3.36. The predicted molar refractivity (Wildman–Crippen MR) is 83.2 cm³/mol. The summed E-state index contributed by atoms with van der Waals surface area (Å²) in [5.41, 5.74) is 0.496. The molecule has 1 aromatic rings. The van der Waals surface area contributed by atoms with Crippen molar-refractivity contribution in [3.63, 3.8) is 0 Å². The Morgan fingerprint density at radius 3 is 2.45 bits per heavy atom. The normalized spacial score (nSPS) is 14.2. The van der Waals surface area contributed by atoms with Crippen LogP contribution in [0.3, 0.4) is 0 Å². The highest BCUT2D eigenvalue weighted by atomic mass is 32.2. The number of rotatable bonds is 6. The minimum Gasteiger partial charge on any atom is -0.310 e. The van der Waals surface area contributed by atoms with Gasteiger partial charge in [-0.3, -0.25) is 0 Å². The van der Waals surface area contributed by atoms with Crippen molar-refractivity contribution >= 4 is 10.0 Å². The maximum atomic E-state index is 12.3. The van der Waals surface area contributed by atoms with E-state index in [4.69, 9.17) is 0 Å². The van der Waals surface area contributed by atoms with E-state index in [-0.39, 0.29) is 6.04 Å². The number of nitrogens with one attached hydrogen (secondary N) is 2. The van der Waals surface area contributed by atoms with Crippen molar-refractivity contribution in [2.75, 3.05) is 6.54 Å². The van der Waals surface area contributed by atoms with E-state index in [0.29, 0.717) is 4.90 Å². The summed E-state index contributed by atoms with van der Waals surface area (Å²) in [5, 5.41) is 3.36. The van der Waals surface area contributed by atoms with Gasteiger partial charge in [0.05, 0.1) is 4.90 Å². The Morgan fingerprint density at radius 2 is 1.90 bits per heavy atom. The molecule has 0 amide bonds. The van der Waals surface area contributed by atoms with Gasteiger partial charge < -0.3 is 5.32 Å². The topological polar surface area (TPSA) is 58.2 Å². The van der Waals surface area contributed by atoms with Gasteiger partial charge in [-0.2, -0.15) is 0 Å². The van der Waals surface area contributed by atoms with Gasteiger partial charge in [-0.05, 0) is 58.4 Å². The molecule has 2 N–H and O–H groups in total. The number of sulfonamides is 1. The molecule has 0 heterocycles. The van der Waals surface area contributed by atoms with Crippen LogP contribution < -0.4 is 10.0 Å². The summed E-state index contributed by atoms with van der Waals surface area (Å²) in [6, 6.07) is 7.24. The first-order valence-electron chi connectivity index (χ1n) is 7.03. The van der Waals surface area contributed by atoms with Crippen LogP contribution in [0.4, 0.5) is 0 Å². The Kier molecular flexibility index (Phi) is 5.74. The van der Waals surface area contributed by atoms with Crippen LogP contribution in [0, 0.1) is 0 Å². The fourth-order valence-electron chi connectivity index (χ4n) is 1.89. The molecule has 0 aromatic heterocycles. The Hall–Kier alpha value is -0.910. The molecule has 1 atom stereocenters. The van der Waals surface area contributed by atoms with Crippen LogP contribution in [0.2, 0.25) is 0 Å². The van der Waals surface area contributed by atoms with Crippen molar-refractivity contribution in [3.8, 4) is 0 Å². The SMILES string of the molecule is CCCNC(C)c1cccc(S(=O)(=O)NC(C)(C)C)c1. The molecule has 0 spiro atoms. The van der Waals surface area contributed by atoms with Gasteiger partial charge in [0, 0.05) is 11.6 Å². The van der Waals surface area contributed by atoms with Crippen LogP contribution in [0.5, 0.6) is 0 Å². The molecule has 0 bridgehead atoms. The molecule has 0 radical (unpaired) electrons.